The zero-order chi connectivity index (χ0) is 13.8. The van der Waals surface area contributed by atoms with Gasteiger partial charge in [-0.15, -0.1) is 11.8 Å². The molecule has 0 radical (unpaired) electrons. The fraction of sp³-hybridized carbons (Fsp3) is 0.385. The van der Waals surface area contributed by atoms with Gasteiger partial charge < -0.3 is 4.74 Å². The average Bonchev–Trinajstić information content (AvgIpc) is 2.25. The van der Waals surface area contributed by atoms with Gasteiger partial charge in [0.05, 0.1) is 5.75 Å². The van der Waals surface area contributed by atoms with E-state index in [-0.39, 0.29) is 11.7 Å². The maximum atomic E-state index is 11.6. The lowest BCUT2D eigenvalue weighted by Crippen LogP contribution is -2.24. The lowest BCUT2D eigenvalue weighted by Gasteiger charge is -2.19. The standard InChI is InChI=1S/C13H15BrO3S/c1-13(2,3)17-12(16)8-18-11-5-4-9(7-15)6-10(11)14/h4-7H,8H2,1-3H3. The van der Waals surface area contributed by atoms with Crippen LogP contribution in [0.25, 0.3) is 0 Å². The number of hydrogen-bond acceptors (Lipinski definition) is 4. The largest absolute Gasteiger partial charge is 0.459 e. The van der Waals surface area contributed by atoms with Crippen LogP contribution in [0.1, 0.15) is 31.1 Å². The molecule has 0 aromatic heterocycles. The minimum absolute atomic E-state index is 0.246. The minimum atomic E-state index is -0.462. The molecular formula is C13H15BrO3S. The van der Waals surface area contributed by atoms with Crippen LogP contribution in [0.2, 0.25) is 0 Å². The van der Waals surface area contributed by atoms with E-state index in [2.05, 4.69) is 15.9 Å². The van der Waals surface area contributed by atoms with Crippen LogP contribution in [0.3, 0.4) is 0 Å². The Balaban J connectivity index is 2.59. The van der Waals surface area contributed by atoms with Crippen LogP contribution in [-0.4, -0.2) is 23.6 Å². The molecule has 0 aliphatic heterocycles. The first-order valence-electron chi connectivity index (χ1n) is 5.41. The van der Waals surface area contributed by atoms with E-state index in [4.69, 9.17) is 4.74 Å². The number of rotatable bonds is 4. The third-order valence-electron chi connectivity index (χ3n) is 1.86. The highest BCUT2D eigenvalue weighted by Crippen LogP contribution is 2.28. The Labute approximate surface area is 119 Å². The smallest absolute Gasteiger partial charge is 0.316 e. The molecule has 0 fully saturated rings. The van der Waals surface area contributed by atoms with Gasteiger partial charge in [-0.1, -0.05) is 6.07 Å². The summed E-state index contributed by atoms with van der Waals surface area (Å²) in [5.41, 5.74) is 0.138. The van der Waals surface area contributed by atoms with Gasteiger partial charge in [-0.25, -0.2) is 0 Å². The van der Waals surface area contributed by atoms with E-state index in [1.54, 1.807) is 12.1 Å². The molecular weight excluding hydrogens is 316 g/mol. The highest BCUT2D eigenvalue weighted by Gasteiger charge is 2.16. The first kappa shape index (κ1) is 15.2. The molecule has 0 heterocycles. The van der Waals surface area contributed by atoms with Crippen LogP contribution in [0, 0.1) is 0 Å². The summed E-state index contributed by atoms with van der Waals surface area (Å²) in [4.78, 5) is 23.1. The quantitative estimate of drug-likeness (QED) is 0.479. The number of aldehydes is 1. The van der Waals surface area contributed by atoms with E-state index in [0.717, 1.165) is 15.7 Å². The summed E-state index contributed by atoms with van der Waals surface area (Å²) in [5, 5.41) is 0. The Morgan fingerprint density at radius 2 is 2.11 bits per heavy atom. The fourth-order valence-electron chi connectivity index (χ4n) is 1.22. The van der Waals surface area contributed by atoms with Crippen LogP contribution in [0.15, 0.2) is 27.6 Å². The Bertz CT molecular complexity index is 452. The maximum Gasteiger partial charge on any atom is 0.316 e. The van der Waals surface area contributed by atoms with Crippen molar-refractivity contribution in [3.05, 3.63) is 28.2 Å². The summed E-state index contributed by atoms with van der Waals surface area (Å²) in [6.45, 7) is 5.51. The molecule has 98 valence electrons. The van der Waals surface area contributed by atoms with Crippen LogP contribution in [0.5, 0.6) is 0 Å². The van der Waals surface area contributed by atoms with Crippen molar-refractivity contribution >= 4 is 39.9 Å². The van der Waals surface area contributed by atoms with Gasteiger partial charge in [-0.3, -0.25) is 9.59 Å². The molecule has 3 nitrogen and oxygen atoms in total. The van der Waals surface area contributed by atoms with Crippen molar-refractivity contribution in [1.82, 2.24) is 0 Å². The summed E-state index contributed by atoms with van der Waals surface area (Å²) in [7, 11) is 0. The number of benzene rings is 1. The Kier molecular flexibility index (Phi) is 5.41. The Morgan fingerprint density at radius 3 is 2.61 bits per heavy atom. The first-order valence-corrected chi connectivity index (χ1v) is 7.19. The number of ether oxygens (including phenoxy) is 1. The monoisotopic (exact) mass is 330 g/mol. The van der Waals surface area contributed by atoms with Gasteiger partial charge >= 0.3 is 5.97 Å². The number of esters is 1. The van der Waals surface area contributed by atoms with Crippen molar-refractivity contribution in [1.29, 1.82) is 0 Å². The average molecular weight is 331 g/mol. The van der Waals surface area contributed by atoms with E-state index in [1.807, 2.05) is 26.8 Å². The third kappa shape index (κ3) is 5.23. The van der Waals surface area contributed by atoms with E-state index in [9.17, 15) is 9.59 Å². The predicted molar refractivity (Wildman–Crippen MR) is 76.1 cm³/mol. The Hall–Kier alpha value is -0.810. The molecule has 0 saturated carbocycles. The lowest BCUT2D eigenvalue weighted by molar-refractivity contribution is -0.151. The maximum absolute atomic E-state index is 11.6. The first-order chi connectivity index (χ1) is 8.31. The van der Waals surface area contributed by atoms with Crippen molar-refractivity contribution in [2.75, 3.05) is 5.75 Å². The molecule has 0 unspecified atom stereocenters. The molecule has 0 saturated heterocycles. The van der Waals surface area contributed by atoms with Crippen LogP contribution in [-0.2, 0) is 9.53 Å². The fourth-order valence-corrected chi connectivity index (χ4v) is 2.65. The van der Waals surface area contributed by atoms with Gasteiger partial charge in [0.25, 0.3) is 0 Å². The number of hydrogen-bond donors (Lipinski definition) is 0. The van der Waals surface area contributed by atoms with Gasteiger partial charge in [-0.2, -0.15) is 0 Å². The number of halogens is 1. The second-order valence-electron chi connectivity index (χ2n) is 4.68. The van der Waals surface area contributed by atoms with Gasteiger partial charge in [-0.05, 0) is 48.8 Å². The van der Waals surface area contributed by atoms with E-state index < -0.39 is 5.60 Å². The lowest BCUT2D eigenvalue weighted by atomic mass is 10.2. The van der Waals surface area contributed by atoms with Crippen molar-refractivity contribution in [2.45, 2.75) is 31.3 Å². The summed E-state index contributed by atoms with van der Waals surface area (Å²) in [5.74, 6) is -0.00472. The normalized spacial score (nSPS) is 11.1. The van der Waals surface area contributed by atoms with Crippen molar-refractivity contribution in [2.24, 2.45) is 0 Å². The number of carbonyl (C=O) groups is 2. The summed E-state index contributed by atoms with van der Waals surface area (Å²) in [6, 6.07) is 5.25. The Morgan fingerprint density at radius 1 is 1.44 bits per heavy atom. The predicted octanol–water partition coefficient (Wildman–Crippen LogP) is 3.70. The van der Waals surface area contributed by atoms with Crippen molar-refractivity contribution < 1.29 is 14.3 Å². The summed E-state index contributed by atoms with van der Waals surface area (Å²) >= 11 is 4.75. The molecule has 0 bridgehead atoms. The van der Waals surface area contributed by atoms with Crippen molar-refractivity contribution in [3.63, 3.8) is 0 Å². The summed E-state index contributed by atoms with van der Waals surface area (Å²) in [6.07, 6.45) is 0.785. The minimum Gasteiger partial charge on any atom is -0.459 e. The summed E-state index contributed by atoms with van der Waals surface area (Å²) < 4.78 is 6.02. The molecule has 0 N–H and O–H groups in total. The molecule has 1 aromatic rings. The zero-order valence-corrected chi connectivity index (χ0v) is 12.9. The molecule has 1 rings (SSSR count). The van der Waals surface area contributed by atoms with Gasteiger partial charge in [0.15, 0.2) is 0 Å². The van der Waals surface area contributed by atoms with Gasteiger partial charge in [0.2, 0.25) is 0 Å². The van der Waals surface area contributed by atoms with E-state index >= 15 is 0 Å². The third-order valence-corrected chi connectivity index (χ3v) is 3.82. The molecule has 0 spiro atoms. The van der Waals surface area contributed by atoms with Crippen LogP contribution < -0.4 is 0 Å². The zero-order valence-electron chi connectivity index (χ0n) is 10.5. The van der Waals surface area contributed by atoms with Gasteiger partial charge in [0.1, 0.15) is 11.9 Å². The van der Waals surface area contributed by atoms with Crippen LogP contribution >= 0.6 is 27.7 Å². The van der Waals surface area contributed by atoms with E-state index in [0.29, 0.717) is 5.56 Å². The molecule has 0 atom stereocenters. The number of thioether (sulfide) groups is 1. The van der Waals surface area contributed by atoms with Crippen LogP contribution in [0.4, 0.5) is 0 Å². The second kappa shape index (κ2) is 6.38. The van der Waals surface area contributed by atoms with Crippen molar-refractivity contribution in [3.8, 4) is 0 Å². The molecule has 0 aliphatic rings. The molecule has 18 heavy (non-hydrogen) atoms. The number of carbonyl (C=O) groups excluding carboxylic acids is 2. The highest BCUT2D eigenvalue weighted by atomic mass is 79.9. The molecule has 1 aromatic carbocycles. The SMILES string of the molecule is CC(C)(C)OC(=O)CSc1ccc(C=O)cc1Br. The molecule has 0 amide bonds. The van der Waals surface area contributed by atoms with Gasteiger partial charge in [0, 0.05) is 14.9 Å². The molecule has 5 heteroatoms. The topological polar surface area (TPSA) is 43.4 Å². The highest BCUT2D eigenvalue weighted by molar-refractivity contribution is 9.10. The molecule has 0 aliphatic carbocycles. The second-order valence-corrected chi connectivity index (χ2v) is 6.55. The van der Waals surface area contributed by atoms with E-state index in [1.165, 1.54) is 11.8 Å².